The molecule has 4 rings (SSSR count). The van der Waals surface area contributed by atoms with Crippen molar-refractivity contribution in [2.24, 2.45) is 0 Å². The number of aromatic nitrogens is 5. The predicted octanol–water partition coefficient (Wildman–Crippen LogP) is 1.85. The van der Waals surface area contributed by atoms with Gasteiger partial charge in [-0.1, -0.05) is 11.2 Å². The Bertz CT molecular complexity index is 757. The van der Waals surface area contributed by atoms with E-state index in [9.17, 15) is 0 Å². The van der Waals surface area contributed by atoms with Gasteiger partial charge in [-0.05, 0) is 18.4 Å². The first-order valence-corrected chi connectivity index (χ1v) is 8.73. The lowest BCUT2D eigenvalue weighted by molar-refractivity contribution is -0.0532. The Morgan fingerprint density at radius 1 is 1.46 bits per heavy atom. The van der Waals surface area contributed by atoms with E-state index in [1.54, 1.807) is 22.3 Å². The summed E-state index contributed by atoms with van der Waals surface area (Å²) in [6.45, 7) is 5.08. The van der Waals surface area contributed by atoms with Gasteiger partial charge in [0.2, 0.25) is 11.7 Å². The Labute approximate surface area is 143 Å². The SMILES string of the molecule is C[C@H](c1nc(-c2cccs2)no1)N1CCO[C@@H](Cn2cncn2)C1. The van der Waals surface area contributed by atoms with Gasteiger partial charge in [0.05, 0.1) is 30.2 Å². The monoisotopic (exact) mass is 346 g/mol. The van der Waals surface area contributed by atoms with Crippen LogP contribution in [0.1, 0.15) is 18.9 Å². The smallest absolute Gasteiger partial charge is 0.244 e. The van der Waals surface area contributed by atoms with Crippen LogP contribution in [0.2, 0.25) is 0 Å². The molecule has 0 unspecified atom stereocenters. The molecular formula is C15H18N6O2S. The van der Waals surface area contributed by atoms with Gasteiger partial charge in [-0.25, -0.2) is 4.98 Å². The van der Waals surface area contributed by atoms with Gasteiger partial charge in [-0.3, -0.25) is 9.58 Å². The van der Waals surface area contributed by atoms with E-state index in [0.29, 0.717) is 24.9 Å². The maximum atomic E-state index is 5.84. The first kappa shape index (κ1) is 15.4. The van der Waals surface area contributed by atoms with Crippen LogP contribution >= 0.6 is 11.3 Å². The lowest BCUT2D eigenvalue weighted by atomic mass is 10.2. The van der Waals surface area contributed by atoms with Gasteiger partial charge < -0.3 is 9.26 Å². The van der Waals surface area contributed by atoms with Crippen LogP contribution in [0.5, 0.6) is 0 Å². The van der Waals surface area contributed by atoms with Crippen LogP contribution in [0.25, 0.3) is 10.7 Å². The molecule has 4 heterocycles. The molecule has 3 aromatic heterocycles. The van der Waals surface area contributed by atoms with Crippen LogP contribution in [-0.4, -0.2) is 55.6 Å². The molecule has 0 spiro atoms. The minimum atomic E-state index is 0.0494. The summed E-state index contributed by atoms with van der Waals surface area (Å²) < 4.78 is 13.1. The average molecular weight is 346 g/mol. The van der Waals surface area contributed by atoms with Crippen LogP contribution in [0.4, 0.5) is 0 Å². The number of hydrogen-bond acceptors (Lipinski definition) is 8. The quantitative estimate of drug-likeness (QED) is 0.697. The summed E-state index contributed by atoms with van der Waals surface area (Å²) in [7, 11) is 0. The van der Waals surface area contributed by atoms with Crippen LogP contribution in [0.3, 0.4) is 0 Å². The van der Waals surface area contributed by atoms with Crippen molar-refractivity contribution in [3.63, 3.8) is 0 Å². The van der Waals surface area contributed by atoms with Crippen molar-refractivity contribution < 1.29 is 9.26 Å². The summed E-state index contributed by atoms with van der Waals surface area (Å²) in [5, 5.41) is 10.2. The number of rotatable bonds is 5. The topological polar surface area (TPSA) is 82.1 Å². The molecule has 1 fully saturated rings. The van der Waals surface area contributed by atoms with Gasteiger partial charge in [0, 0.05) is 13.1 Å². The minimum absolute atomic E-state index is 0.0494. The largest absolute Gasteiger partial charge is 0.374 e. The van der Waals surface area contributed by atoms with E-state index in [2.05, 4.69) is 32.0 Å². The first-order valence-electron chi connectivity index (χ1n) is 7.85. The zero-order chi connectivity index (χ0) is 16.4. The fraction of sp³-hybridized carbons (Fsp3) is 0.467. The zero-order valence-electron chi connectivity index (χ0n) is 13.3. The third-order valence-electron chi connectivity index (χ3n) is 4.12. The molecule has 0 aromatic carbocycles. The van der Waals surface area contributed by atoms with Gasteiger partial charge in [0.25, 0.3) is 0 Å². The summed E-state index contributed by atoms with van der Waals surface area (Å²) in [5.74, 6) is 1.29. The lowest BCUT2D eigenvalue weighted by Crippen LogP contribution is -2.45. The third kappa shape index (κ3) is 3.23. The fourth-order valence-corrected chi connectivity index (χ4v) is 3.46. The minimum Gasteiger partial charge on any atom is -0.374 e. The molecule has 2 atom stereocenters. The number of morpholine rings is 1. The van der Waals surface area contributed by atoms with Gasteiger partial charge in [0.15, 0.2) is 0 Å². The summed E-state index contributed by atoms with van der Waals surface area (Å²) in [4.78, 5) is 11.8. The molecular weight excluding hydrogens is 328 g/mol. The molecule has 1 saturated heterocycles. The Balaban J connectivity index is 1.43. The molecule has 9 heteroatoms. The molecule has 0 bridgehead atoms. The van der Waals surface area contributed by atoms with Crippen molar-refractivity contribution in [1.82, 2.24) is 29.8 Å². The van der Waals surface area contributed by atoms with E-state index in [0.717, 1.165) is 18.0 Å². The van der Waals surface area contributed by atoms with Crippen molar-refractivity contribution >= 4 is 11.3 Å². The second-order valence-corrected chi connectivity index (χ2v) is 6.66. The maximum absolute atomic E-state index is 5.84. The van der Waals surface area contributed by atoms with Gasteiger partial charge in [-0.2, -0.15) is 10.1 Å². The van der Waals surface area contributed by atoms with Crippen molar-refractivity contribution in [3.8, 4) is 10.7 Å². The highest BCUT2D eigenvalue weighted by atomic mass is 32.1. The van der Waals surface area contributed by atoms with Crippen LogP contribution in [-0.2, 0) is 11.3 Å². The third-order valence-corrected chi connectivity index (χ3v) is 4.98. The van der Waals surface area contributed by atoms with E-state index < -0.39 is 0 Å². The number of ether oxygens (including phenoxy) is 1. The van der Waals surface area contributed by atoms with E-state index in [-0.39, 0.29) is 12.1 Å². The van der Waals surface area contributed by atoms with E-state index in [4.69, 9.17) is 9.26 Å². The first-order chi connectivity index (χ1) is 11.8. The second kappa shape index (κ2) is 6.80. The van der Waals surface area contributed by atoms with Crippen molar-refractivity contribution in [1.29, 1.82) is 0 Å². The normalized spacial score (nSPS) is 20.3. The van der Waals surface area contributed by atoms with E-state index in [1.165, 1.54) is 6.33 Å². The molecule has 0 saturated carbocycles. The molecule has 0 amide bonds. The summed E-state index contributed by atoms with van der Waals surface area (Å²) in [6.07, 6.45) is 3.31. The Kier molecular flexibility index (Phi) is 4.37. The van der Waals surface area contributed by atoms with Gasteiger partial charge >= 0.3 is 0 Å². The Hall–Kier alpha value is -2.10. The molecule has 24 heavy (non-hydrogen) atoms. The highest BCUT2D eigenvalue weighted by molar-refractivity contribution is 7.13. The number of nitrogens with zero attached hydrogens (tertiary/aromatic N) is 6. The number of thiophene rings is 1. The highest BCUT2D eigenvalue weighted by Crippen LogP contribution is 2.26. The molecule has 1 aliphatic heterocycles. The molecule has 0 radical (unpaired) electrons. The standard InChI is InChI=1S/C15H18N6O2S/c1-11(15-18-14(19-23-15)13-3-2-6-24-13)20-4-5-22-12(7-20)8-21-10-16-9-17-21/h2-3,6,9-12H,4-5,7-8H2,1H3/t11-,12-/m1/s1. The Morgan fingerprint density at radius 2 is 2.42 bits per heavy atom. The maximum Gasteiger partial charge on any atom is 0.244 e. The van der Waals surface area contributed by atoms with Crippen LogP contribution in [0.15, 0.2) is 34.7 Å². The summed E-state index contributed by atoms with van der Waals surface area (Å²) >= 11 is 1.60. The predicted molar refractivity (Wildman–Crippen MR) is 87.4 cm³/mol. The van der Waals surface area contributed by atoms with Gasteiger partial charge in [-0.15, -0.1) is 11.3 Å². The Morgan fingerprint density at radius 3 is 3.21 bits per heavy atom. The molecule has 1 aliphatic rings. The van der Waals surface area contributed by atoms with E-state index >= 15 is 0 Å². The van der Waals surface area contributed by atoms with Crippen molar-refractivity contribution in [3.05, 3.63) is 36.1 Å². The molecule has 3 aromatic rings. The summed E-state index contributed by atoms with van der Waals surface area (Å²) in [5.41, 5.74) is 0. The number of hydrogen-bond donors (Lipinski definition) is 0. The van der Waals surface area contributed by atoms with Crippen molar-refractivity contribution in [2.45, 2.75) is 25.6 Å². The molecule has 0 N–H and O–H groups in total. The van der Waals surface area contributed by atoms with E-state index in [1.807, 2.05) is 17.5 Å². The van der Waals surface area contributed by atoms with Gasteiger partial charge in [0.1, 0.15) is 12.7 Å². The fourth-order valence-electron chi connectivity index (χ4n) is 2.81. The van der Waals surface area contributed by atoms with Crippen molar-refractivity contribution in [2.75, 3.05) is 19.7 Å². The molecule has 8 nitrogen and oxygen atoms in total. The van der Waals surface area contributed by atoms with Crippen LogP contribution < -0.4 is 0 Å². The average Bonchev–Trinajstić information content (AvgIpc) is 3.35. The molecule has 126 valence electrons. The lowest BCUT2D eigenvalue weighted by Gasteiger charge is -2.35. The molecule has 0 aliphatic carbocycles. The zero-order valence-corrected chi connectivity index (χ0v) is 14.1. The second-order valence-electron chi connectivity index (χ2n) is 5.71. The van der Waals surface area contributed by atoms with Crippen LogP contribution in [0, 0.1) is 0 Å². The summed E-state index contributed by atoms with van der Waals surface area (Å²) in [6, 6.07) is 4.02. The highest BCUT2D eigenvalue weighted by Gasteiger charge is 2.28.